The van der Waals surface area contributed by atoms with E-state index in [1.807, 2.05) is 20.8 Å². The summed E-state index contributed by atoms with van der Waals surface area (Å²) in [7, 11) is 0. The maximum absolute atomic E-state index is 11.9. The van der Waals surface area contributed by atoms with Gasteiger partial charge in [0.15, 0.2) is 5.82 Å². The Hall–Kier alpha value is -1.24. The number of nitrogen functional groups attached to an aromatic ring is 1. The Labute approximate surface area is 123 Å². The normalized spacial score (nSPS) is 16.6. The molecule has 0 atom stereocenters. The molecular formula is C13H23N5OS. The first kappa shape index (κ1) is 15.2. The minimum absolute atomic E-state index is 0.0437. The van der Waals surface area contributed by atoms with Crippen molar-refractivity contribution in [1.29, 1.82) is 0 Å². The molecule has 3 N–H and O–H groups in total. The van der Waals surface area contributed by atoms with E-state index in [4.69, 9.17) is 5.84 Å². The summed E-state index contributed by atoms with van der Waals surface area (Å²) >= 11 is 1.33. The van der Waals surface area contributed by atoms with Crippen LogP contribution in [0, 0.1) is 0 Å². The first-order valence-corrected chi connectivity index (χ1v) is 7.99. The summed E-state index contributed by atoms with van der Waals surface area (Å²) in [5, 5.41) is 11.8. The molecule has 7 heteroatoms. The van der Waals surface area contributed by atoms with Crippen LogP contribution in [-0.2, 0) is 10.2 Å². The minimum atomic E-state index is -0.160. The van der Waals surface area contributed by atoms with E-state index in [2.05, 4.69) is 15.5 Å². The lowest BCUT2D eigenvalue weighted by molar-refractivity contribution is -0.119. The molecule has 0 unspecified atom stereocenters. The van der Waals surface area contributed by atoms with Gasteiger partial charge in [-0.05, 0) is 12.8 Å². The van der Waals surface area contributed by atoms with E-state index < -0.39 is 0 Å². The molecule has 1 fully saturated rings. The molecule has 0 aliphatic heterocycles. The van der Waals surface area contributed by atoms with Crippen molar-refractivity contribution in [3.8, 4) is 0 Å². The highest BCUT2D eigenvalue weighted by molar-refractivity contribution is 7.99. The van der Waals surface area contributed by atoms with Crippen molar-refractivity contribution in [2.24, 2.45) is 0 Å². The molecule has 1 aromatic heterocycles. The number of carbonyl (C=O) groups excluding carboxylic acids is 1. The average Bonchev–Trinajstić information content (AvgIpc) is 2.95. The summed E-state index contributed by atoms with van der Waals surface area (Å²) in [5.41, 5.74) is -0.160. The van der Waals surface area contributed by atoms with Crippen LogP contribution in [-0.4, -0.2) is 32.6 Å². The topological polar surface area (TPSA) is 85.8 Å². The van der Waals surface area contributed by atoms with Gasteiger partial charge in [-0.1, -0.05) is 45.4 Å². The zero-order valence-corrected chi connectivity index (χ0v) is 13.2. The summed E-state index contributed by atoms with van der Waals surface area (Å²) in [5.74, 6) is 7.07. The van der Waals surface area contributed by atoms with Crippen LogP contribution in [0.2, 0.25) is 0 Å². The fourth-order valence-corrected chi connectivity index (χ4v) is 3.02. The van der Waals surface area contributed by atoms with Crippen LogP contribution in [0.5, 0.6) is 0 Å². The molecule has 1 aliphatic carbocycles. The van der Waals surface area contributed by atoms with E-state index in [-0.39, 0.29) is 11.3 Å². The molecule has 1 amide bonds. The van der Waals surface area contributed by atoms with Crippen LogP contribution in [0.4, 0.5) is 0 Å². The van der Waals surface area contributed by atoms with Gasteiger partial charge in [0.25, 0.3) is 0 Å². The molecule has 1 aliphatic rings. The van der Waals surface area contributed by atoms with E-state index >= 15 is 0 Å². The van der Waals surface area contributed by atoms with Gasteiger partial charge in [0.05, 0.1) is 5.75 Å². The second-order valence-corrected chi connectivity index (χ2v) is 7.21. The highest BCUT2D eigenvalue weighted by Crippen LogP contribution is 2.23. The third kappa shape index (κ3) is 3.65. The standard InChI is InChI=1S/C13H23N5OS/c1-13(2,3)11-16-17-12(18(11)14)20-8-10(19)15-9-6-4-5-7-9/h9H,4-8,14H2,1-3H3,(H,15,19). The summed E-state index contributed by atoms with van der Waals surface area (Å²) in [6, 6.07) is 0.351. The zero-order valence-electron chi connectivity index (χ0n) is 12.3. The molecule has 0 radical (unpaired) electrons. The SMILES string of the molecule is CC(C)(C)c1nnc(SCC(=O)NC2CCCC2)n1N. The lowest BCUT2D eigenvalue weighted by Crippen LogP contribution is -2.34. The summed E-state index contributed by atoms with van der Waals surface area (Å²) in [6.07, 6.45) is 4.61. The Kier molecular flexibility index (Phi) is 4.57. The largest absolute Gasteiger partial charge is 0.353 e. The summed E-state index contributed by atoms with van der Waals surface area (Å²) in [6.45, 7) is 6.09. The molecule has 0 aromatic carbocycles. The molecule has 2 rings (SSSR count). The Balaban J connectivity index is 1.87. The highest BCUT2D eigenvalue weighted by atomic mass is 32.2. The number of nitrogens with zero attached hydrogens (tertiary/aromatic N) is 3. The average molecular weight is 297 g/mol. The maximum Gasteiger partial charge on any atom is 0.230 e. The molecule has 1 heterocycles. The number of hydrogen-bond donors (Lipinski definition) is 2. The number of carbonyl (C=O) groups is 1. The third-order valence-electron chi connectivity index (χ3n) is 3.39. The molecular weight excluding hydrogens is 274 g/mol. The van der Waals surface area contributed by atoms with Crippen molar-refractivity contribution in [3.63, 3.8) is 0 Å². The van der Waals surface area contributed by atoms with Crippen LogP contribution < -0.4 is 11.2 Å². The van der Waals surface area contributed by atoms with Crippen LogP contribution in [0.25, 0.3) is 0 Å². The molecule has 6 nitrogen and oxygen atoms in total. The van der Waals surface area contributed by atoms with E-state index in [0.717, 1.165) is 18.7 Å². The molecule has 112 valence electrons. The Morgan fingerprint density at radius 1 is 1.40 bits per heavy atom. The number of aromatic nitrogens is 3. The summed E-state index contributed by atoms with van der Waals surface area (Å²) < 4.78 is 1.48. The van der Waals surface area contributed by atoms with Gasteiger partial charge >= 0.3 is 0 Å². The predicted octanol–water partition coefficient (Wildman–Crippen LogP) is 1.44. The zero-order chi connectivity index (χ0) is 14.8. The van der Waals surface area contributed by atoms with Crippen molar-refractivity contribution in [3.05, 3.63) is 5.82 Å². The highest BCUT2D eigenvalue weighted by Gasteiger charge is 2.23. The van der Waals surface area contributed by atoms with Gasteiger partial charge in [-0.15, -0.1) is 10.2 Å². The number of hydrogen-bond acceptors (Lipinski definition) is 5. The second kappa shape index (κ2) is 6.03. The molecule has 1 saturated carbocycles. The van der Waals surface area contributed by atoms with Crippen molar-refractivity contribution >= 4 is 17.7 Å². The van der Waals surface area contributed by atoms with Gasteiger partial charge in [0, 0.05) is 11.5 Å². The molecule has 0 spiro atoms. The minimum Gasteiger partial charge on any atom is -0.353 e. The van der Waals surface area contributed by atoms with Gasteiger partial charge in [-0.3, -0.25) is 4.79 Å². The molecule has 1 aromatic rings. The van der Waals surface area contributed by atoms with Crippen LogP contribution >= 0.6 is 11.8 Å². The Bertz CT molecular complexity index is 474. The third-order valence-corrected chi connectivity index (χ3v) is 4.33. The van der Waals surface area contributed by atoms with Crippen molar-refractivity contribution in [2.45, 2.75) is 63.1 Å². The fourth-order valence-electron chi connectivity index (χ4n) is 2.36. The second-order valence-electron chi connectivity index (χ2n) is 6.26. The van der Waals surface area contributed by atoms with Gasteiger partial charge < -0.3 is 11.2 Å². The summed E-state index contributed by atoms with van der Waals surface area (Å²) in [4.78, 5) is 11.9. The lowest BCUT2D eigenvalue weighted by atomic mass is 9.96. The molecule has 0 bridgehead atoms. The van der Waals surface area contributed by atoms with Crippen LogP contribution in [0.15, 0.2) is 5.16 Å². The van der Waals surface area contributed by atoms with Crippen LogP contribution in [0.3, 0.4) is 0 Å². The van der Waals surface area contributed by atoms with E-state index in [1.165, 1.54) is 29.3 Å². The van der Waals surface area contributed by atoms with E-state index in [0.29, 0.717) is 17.0 Å². The van der Waals surface area contributed by atoms with E-state index in [9.17, 15) is 4.79 Å². The first-order chi connectivity index (χ1) is 9.38. The van der Waals surface area contributed by atoms with Crippen molar-refractivity contribution in [2.75, 3.05) is 11.6 Å². The Morgan fingerprint density at radius 2 is 2.05 bits per heavy atom. The van der Waals surface area contributed by atoms with E-state index in [1.54, 1.807) is 0 Å². The maximum atomic E-state index is 11.9. The molecule has 0 saturated heterocycles. The lowest BCUT2D eigenvalue weighted by Gasteiger charge is -2.16. The first-order valence-electron chi connectivity index (χ1n) is 7.01. The van der Waals surface area contributed by atoms with Gasteiger partial charge in [0.2, 0.25) is 11.1 Å². The number of amides is 1. The number of nitrogens with one attached hydrogen (secondary N) is 1. The molecule has 20 heavy (non-hydrogen) atoms. The predicted molar refractivity (Wildman–Crippen MR) is 80.0 cm³/mol. The fraction of sp³-hybridized carbons (Fsp3) is 0.769. The number of rotatable bonds is 4. The van der Waals surface area contributed by atoms with Gasteiger partial charge in [-0.2, -0.15) is 0 Å². The van der Waals surface area contributed by atoms with Crippen molar-refractivity contribution in [1.82, 2.24) is 20.2 Å². The smallest absolute Gasteiger partial charge is 0.230 e. The van der Waals surface area contributed by atoms with Crippen LogP contribution in [0.1, 0.15) is 52.3 Å². The number of thioether (sulfide) groups is 1. The van der Waals surface area contributed by atoms with Gasteiger partial charge in [-0.25, -0.2) is 4.68 Å². The monoisotopic (exact) mass is 297 g/mol. The quantitative estimate of drug-likeness (QED) is 0.649. The van der Waals surface area contributed by atoms with Gasteiger partial charge in [0.1, 0.15) is 0 Å². The number of nitrogens with two attached hydrogens (primary N) is 1. The van der Waals surface area contributed by atoms with Crippen molar-refractivity contribution < 1.29 is 4.79 Å². The Morgan fingerprint density at radius 3 is 2.60 bits per heavy atom.